The van der Waals surface area contributed by atoms with Crippen molar-refractivity contribution in [1.82, 2.24) is 0 Å². The minimum absolute atomic E-state index is 0. The van der Waals surface area contributed by atoms with E-state index in [1.807, 2.05) is 0 Å². The van der Waals surface area contributed by atoms with Crippen LogP contribution in [0.25, 0.3) is 0 Å². The SMILES string of the molecule is O.O.O.[BaH2]. The van der Waals surface area contributed by atoms with Gasteiger partial charge in [0.15, 0.2) is 0 Å². The summed E-state index contributed by atoms with van der Waals surface area (Å²) in [4.78, 5) is 0. The van der Waals surface area contributed by atoms with Crippen LogP contribution in [0.2, 0.25) is 0 Å². The predicted molar refractivity (Wildman–Crippen MR) is 19.4 cm³/mol. The normalized spacial score (nSPS) is 0. The zero-order valence-electron chi connectivity index (χ0n) is 1.50. The molecule has 0 bridgehead atoms. The van der Waals surface area contributed by atoms with Crippen molar-refractivity contribution in [2.75, 3.05) is 0 Å². The van der Waals surface area contributed by atoms with E-state index in [2.05, 4.69) is 0 Å². The second-order valence-electron chi connectivity index (χ2n) is 0. The van der Waals surface area contributed by atoms with Crippen molar-refractivity contribution in [3.8, 4) is 0 Å². The van der Waals surface area contributed by atoms with Crippen LogP contribution in [0.4, 0.5) is 0 Å². The quantitative estimate of drug-likeness (QED) is 0.359. The molecule has 0 aliphatic rings. The fraction of sp³-hybridized carbons (Fsp3) is 0. The molecule has 0 heterocycles. The third-order valence-corrected chi connectivity index (χ3v) is 0. The van der Waals surface area contributed by atoms with Crippen LogP contribution in [0, 0.1) is 0 Å². The monoisotopic (exact) mass is 194 g/mol. The molecule has 0 fully saturated rings. The van der Waals surface area contributed by atoms with E-state index >= 15 is 0 Å². The van der Waals surface area contributed by atoms with Gasteiger partial charge in [-0.2, -0.15) is 0 Å². The summed E-state index contributed by atoms with van der Waals surface area (Å²) in [5.74, 6) is 0. The molecular formula is H8BaO3. The predicted octanol–water partition coefficient (Wildman–Crippen LogP) is -3.39. The Morgan fingerprint density at radius 1 is 0.500 bits per heavy atom. The first kappa shape index (κ1) is 51.3. The van der Waals surface area contributed by atoms with Crippen molar-refractivity contribution in [3.05, 3.63) is 0 Å². The average molecular weight is 193 g/mol. The summed E-state index contributed by atoms with van der Waals surface area (Å²) in [5, 5.41) is 0. The molecule has 0 spiro atoms. The maximum absolute atomic E-state index is 0. The average Bonchev–Trinajstić information content (AvgIpc) is 0. The van der Waals surface area contributed by atoms with Gasteiger partial charge < -0.3 is 16.4 Å². The molecule has 28 valence electrons. The number of rotatable bonds is 0. The van der Waals surface area contributed by atoms with Gasteiger partial charge in [-0.05, 0) is 0 Å². The zero-order valence-corrected chi connectivity index (χ0v) is 1.50. The minimum atomic E-state index is 0. The fourth-order valence-electron chi connectivity index (χ4n) is 0. The molecule has 0 aromatic carbocycles. The zero-order chi connectivity index (χ0) is 0. The van der Waals surface area contributed by atoms with Gasteiger partial charge >= 0.3 is 48.9 Å². The first-order valence-electron chi connectivity index (χ1n) is 0. The van der Waals surface area contributed by atoms with Crippen molar-refractivity contribution >= 4 is 48.9 Å². The topological polar surface area (TPSA) is 94.5 Å². The fourth-order valence-corrected chi connectivity index (χ4v) is 0. The molecular weight excluding hydrogens is 185 g/mol. The van der Waals surface area contributed by atoms with Crippen LogP contribution in [-0.4, -0.2) is 65.3 Å². The third kappa shape index (κ3) is 9.85. The number of hydrogen-bond donors (Lipinski definition) is 0. The summed E-state index contributed by atoms with van der Waals surface area (Å²) < 4.78 is 0. The van der Waals surface area contributed by atoms with E-state index in [4.69, 9.17) is 0 Å². The van der Waals surface area contributed by atoms with Gasteiger partial charge in [-0.1, -0.05) is 0 Å². The van der Waals surface area contributed by atoms with Crippen LogP contribution in [-0.2, 0) is 0 Å². The molecule has 4 heteroatoms. The van der Waals surface area contributed by atoms with Crippen LogP contribution < -0.4 is 0 Å². The van der Waals surface area contributed by atoms with Gasteiger partial charge in [-0.15, -0.1) is 0 Å². The molecule has 4 heavy (non-hydrogen) atoms. The van der Waals surface area contributed by atoms with Crippen LogP contribution in [0.3, 0.4) is 0 Å². The molecule has 0 atom stereocenters. The molecule has 6 N–H and O–H groups in total. The second-order valence-corrected chi connectivity index (χ2v) is 0. The van der Waals surface area contributed by atoms with E-state index in [1.165, 1.54) is 0 Å². The molecule has 0 unspecified atom stereocenters. The Kier molecular flexibility index (Phi) is 323. The van der Waals surface area contributed by atoms with Crippen molar-refractivity contribution in [1.29, 1.82) is 0 Å². The Bertz CT molecular complexity index is 3.25. The molecule has 0 amide bonds. The van der Waals surface area contributed by atoms with E-state index in [0.717, 1.165) is 0 Å². The molecule has 0 radical (unpaired) electrons. The molecule has 0 aliphatic carbocycles. The molecule has 0 rings (SSSR count). The van der Waals surface area contributed by atoms with E-state index in [9.17, 15) is 0 Å². The number of hydrogen-bond acceptors (Lipinski definition) is 0. The Labute approximate surface area is 64.4 Å². The van der Waals surface area contributed by atoms with Gasteiger partial charge in [0, 0.05) is 0 Å². The first-order valence-corrected chi connectivity index (χ1v) is 0. The summed E-state index contributed by atoms with van der Waals surface area (Å²) in [6.07, 6.45) is 0. The Morgan fingerprint density at radius 2 is 0.500 bits per heavy atom. The van der Waals surface area contributed by atoms with E-state index in [-0.39, 0.29) is 65.3 Å². The van der Waals surface area contributed by atoms with Gasteiger partial charge in [0.2, 0.25) is 0 Å². The maximum atomic E-state index is 0. The van der Waals surface area contributed by atoms with Crippen molar-refractivity contribution in [2.45, 2.75) is 0 Å². The molecule has 0 saturated carbocycles. The van der Waals surface area contributed by atoms with E-state index in [1.54, 1.807) is 0 Å². The van der Waals surface area contributed by atoms with Gasteiger partial charge in [0.25, 0.3) is 0 Å². The van der Waals surface area contributed by atoms with Crippen molar-refractivity contribution < 1.29 is 16.4 Å². The summed E-state index contributed by atoms with van der Waals surface area (Å²) in [7, 11) is 0. The Balaban J connectivity index is 0. The van der Waals surface area contributed by atoms with Gasteiger partial charge in [-0.3, -0.25) is 0 Å². The molecule has 0 aromatic rings. The second kappa shape index (κ2) is 25.2. The summed E-state index contributed by atoms with van der Waals surface area (Å²) in [6, 6.07) is 0. The molecule has 0 aromatic heterocycles. The molecule has 0 saturated heterocycles. The van der Waals surface area contributed by atoms with E-state index < -0.39 is 0 Å². The first-order chi connectivity index (χ1) is 0. The van der Waals surface area contributed by atoms with Crippen LogP contribution in [0.1, 0.15) is 0 Å². The summed E-state index contributed by atoms with van der Waals surface area (Å²) >= 11 is 0. The Hall–Kier alpha value is 1.45. The van der Waals surface area contributed by atoms with Crippen LogP contribution in [0.15, 0.2) is 0 Å². The molecule has 3 nitrogen and oxygen atoms in total. The van der Waals surface area contributed by atoms with Crippen LogP contribution in [0.5, 0.6) is 0 Å². The van der Waals surface area contributed by atoms with Gasteiger partial charge in [-0.25, -0.2) is 0 Å². The Morgan fingerprint density at radius 3 is 0.500 bits per heavy atom. The standard InChI is InChI=1S/Ba.3H2O.2H/h;3*1H2;;. The molecule has 0 aliphatic heterocycles. The third-order valence-electron chi connectivity index (χ3n) is 0. The summed E-state index contributed by atoms with van der Waals surface area (Å²) in [6.45, 7) is 0. The van der Waals surface area contributed by atoms with Crippen LogP contribution >= 0.6 is 0 Å². The van der Waals surface area contributed by atoms with Crippen molar-refractivity contribution in [3.63, 3.8) is 0 Å². The van der Waals surface area contributed by atoms with E-state index in [0.29, 0.717) is 0 Å². The van der Waals surface area contributed by atoms with Crippen molar-refractivity contribution in [2.24, 2.45) is 0 Å². The van der Waals surface area contributed by atoms with Gasteiger partial charge in [0.05, 0.1) is 0 Å². The summed E-state index contributed by atoms with van der Waals surface area (Å²) in [5.41, 5.74) is 0. The van der Waals surface area contributed by atoms with Gasteiger partial charge in [0.1, 0.15) is 0 Å².